The van der Waals surface area contributed by atoms with Crippen molar-refractivity contribution in [2.24, 2.45) is 0 Å². The minimum atomic E-state index is -1.34. The first-order valence-electron chi connectivity index (χ1n) is 35.1. The Morgan fingerprint density at radius 3 is 0.619 bits per heavy atom. The average Bonchev–Trinajstić information content (AvgIpc) is 0.836. The van der Waals surface area contributed by atoms with Crippen molar-refractivity contribution in [3.8, 4) is 11.3 Å². The summed E-state index contributed by atoms with van der Waals surface area (Å²) >= 11 is 9.93. The summed E-state index contributed by atoms with van der Waals surface area (Å²) in [6, 6.07) is 156. The number of nitrogens with zero attached hydrogens (tertiary/aromatic N) is 2. The molecule has 0 saturated carbocycles. The van der Waals surface area contributed by atoms with Crippen LogP contribution >= 0.6 is 79.5 Å². The number of carbonyl (C=O) groups is 1. The molecule has 0 radical (unpaired) electrons. The minimum Gasteiger partial charge on any atom is -1.00 e. The van der Waals surface area contributed by atoms with Crippen LogP contribution in [0.15, 0.2) is 475 Å². The van der Waals surface area contributed by atoms with E-state index in [1.54, 1.807) is 36.7 Å². The first-order chi connectivity index (χ1) is 54.2. The summed E-state index contributed by atoms with van der Waals surface area (Å²) in [5, 5.41) is 42.4. The Labute approximate surface area is 796 Å². The summed E-state index contributed by atoms with van der Waals surface area (Å²) in [7, 11) is -3.13. The Morgan fingerprint density at radius 2 is 0.469 bits per heavy atom. The van der Waals surface area contributed by atoms with Gasteiger partial charge in [0.25, 0.3) is 6.47 Å². The summed E-state index contributed by atoms with van der Waals surface area (Å²) in [5.41, 5.74) is 2.66. The van der Waals surface area contributed by atoms with E-state index in [0.717, 1.165) is 24.8 Å². The second-order valence-electron chi connectivity index (χ2n) is 23.4. The normalized spacial score (nSPS) is 9.82. The molecular formula is C95H80BBr3K2N2O5P4Pd. The van der Waals surface area contributed by atoms with E-state index in [0.29, 0.717) is 5.46 Å². The van der Waals surface area contributed by atoms with Gasteiger partial charge in [-0.3, -0.25) is 9.78 Å². The van der Waals surface area contributed by atoms with Gasteiger partial charge >= 0.3 is 110 Å². The third kappa shape index (κ3) is 34.2. The number of aromatic nitrogens is 2. The molecule has 0 unspecified atom stereocenters. The molecule has 0 spiro atoms. The molecule has 0 aliphatic heterocycles. The van der Waals surface area contributed by atoms with Crippen LogP contribution in [0.25, 0.3) is 11.3 Å². The topological polar surface area (TPSA) is 116 Å². The zero-order chi connectivity index (χ0) is 76.8. The predicted molar refractivity (Wildman–Crippen MR) is 482 cm³/mol. The molecule has 14 aromatic carbocycles. The van der Waals surface area contributed by atoms with Gasteiger partial charge in [0, 0.05) is 47.3 Å². The van der Waals surface area contributed by atoms with E-state index in [9.17, 15) is 0 Å². The number of hydrogen-bond donors (Lipinski definition) is 2. The van der Waals surface area contributed by atoms with E-state index in [1.807, 2.05) is 48.5 Å². The fourth-order valence-electron chi connectivity index (χ4n) is 10.9. The fraction of sp³-hybridized carbons (Fsp3) is 0. The van der Waals surface area contributed by atoms with Crippen molar-refractivity contribution in [1.29, 1.82) is 0 Å². The smallest absolute Gasteiger partial charge is 1.00 e. The summed E-state index contributed by atoms with van der Waals surface area (Å²) in [6.07, 6.45) is 3.53. The van der Waals surface area contributed by atoms with Gasteiger partial charge in [0.15, 0.2) is 0 Å². The van der Waals surface area contributed by atoms with Crippen LogP contribution in [-0.2, 0) is 30.1 Å². The molecule has 2 aromatic heterocycles. The maximum Gasteiger partial charge on any atom is 1.00 e. The van der Waals surface area contributed by atoms with E-state index in [-0.39, 0.29) is 131 Å². The number of halogens is 3. The summed E-state index contributed by atoms with van der Waals surface area (Å²) in [6.45, 7) is -0.181. The minimum absolute atomic E-state index is 0. The van der Waals surface area contributed by atoms with Crippen molar-refractivity contribution in [3.05, 3.63) is 475 Å². The number of rotatable bonds is 15. The zero-order valence-corrected chi connectivity index (χ0v) is 78.4. The van der Waals surface area contributed by atoms with Gasteiger partial charge in [0.05, 0.1) is 5.69 Å². The Bertz CT molecular complexity index is 4250. The second-order valence-corrected chi connectivity index (χ2v) is 34.9. The van der Waals surface area contributed by atoms with Crippen LogP contribution in [0.2, 0.25) is 0 Å². The Morgan fingerprint density at radius 1 is 0.292 bits per heavy atom. The van der Waals surface area contributed by atoms with Crippen LogP contribution in [0.3, 0.4) is 0 Å². The molecular weight excluding hydrogens is 1810 g/mol. The molecule has 0 fully saturated rings. The van der Waals surface area contributed by atoms with Crippen molar-refractivity contribution < 1.29 is 150 Å². The van der Waals surface area contributed by atoms with Gasteiger partial charge in [0.2, 0.25) is 0 Å². The van der Waals surface area contributed by atoms with Gasteiger partial charge in [-0.2, -0.15) is 0 Å². The maximum atomic E-state index is 8.64. The van der Waals surface area contributed by atoms with Gasteiger partial charge in [-0.15, -0.1) is 0 Å². The van der Waals surface area contributed by atoms with E-state index in [2.05, 4.69) is 439 Å². The molecule has 0 atom stereocenters. The molecule has 0 bridgehead atoms. The van der Waals surface area contributed by atoms with Gasteiger partial charge in [-0.25, -0.2) is 4.98 Å². The Hall–Kier alpha value is -6.11. The van der Waals surface area contributed by atoms with Crippen LogP contribution in [0.4, 0.5) is 0 Å². The monoisotopic (exact) mass is 1880 g/mol. The molecule has 2 N–H and O–H groups in total. The van der Waals surface area contributed by atoms with Crippen molar-refractivity contribution >= 4 is 162 Å². The molecule has 2 heterocycles. The third-order valence-corrected chi connectivity index (χ3v) is 27.0. The van der Waals surface area contributed by atoms with Crippen LogP contribution in [0.1, 0.15) is 1.43 Å². The van der Waals surface area contributed by atoms with Crippen molar-refractivity contribution in [2.75, 3.05) is 0 Å². The second kappa shape index (κ2) is 57.1. The zero-order valence-electron chi connectivity index (χ0n) is 63.3. The van der Waals surface area contributed by atoms with Gasteiger partial charge in [0.1, 0.15) is 4.60 Å². The Balaban J connectivity index is 0.000000238. The molecule has 16 aromatic rings. The number of carbonyl (C=O) groups excluding carboxylic acids is 1. The van der Waals surface area contributed by atoms with Gasteiger partial charge < -0.3 is 21.6 Å². The van der Waals surface area contributed by atoms with Crippen molar-refractivity contribution in [1.82, 2.24) is 9.97 Å². The van der Waals surface area contributed by atoms with Crippen LogP contribution in [-0.4, -0.2) is 33.6 Å². The predicted octanol–water partition coefficient (Wildman–Crippen LogP) is 11.8. The number of pyridine rings is 2. The maximum absolute atomic E-state index is 8.64. The molecule has 16 rings (SSSR count). The van der Waals surface area contributed by atoms with Crippen molar-refractivity contribution in [2.45, 2.75) is 0 Å². The first-order valence-corrected chi connectivity index (χ1v) is 42.8. The number of benzene rings is 14. The third-order valence-electron chi connectivity index (χ3n) is 15.8. The van der Waals surface area contributed by atoms with Crippen LogP contribution in [0.5, 0.6) is 0 Å². The first kappa shape index (κ1) is 95.7. The molecule has 7 nitrogen and oxygen atoms in total. The Kier molecular flexibility index (Phi) is 48.3. The van der Waals surface area contributed by atoms with Crippen molar-refractivity contribution in [3.63, 3.8) is 0 Å². The van der Waals surface area contributed by atoms with E-state index >= 15 is 0 Å². The van der Waals surface area contributed by atoms with Crippen LogP contribution < -0.4 is 177 Å². The standard InChI is InChI=1S/4C18H15P.C11H8BrN.C6H7BO2.C5H3Br2N.CH2O3.2K.Pd.H/c4*1-4-10-16(11-5-1)19(17-12-6-2-7-13-17)18-14-8-3-9-15-18;12-10-6-7-13-11(8-10)9-4-2-1-3-5-9;8-7(9)6-4-2-1-3-5-6;6-4-1-2-8-5(7)3-4;2-1-4-3;;;;/h4*1-15H;1-8H;1-5,8-9H;1-3H;1,3H;;;;/q;;;;;;;;2*+1;;-1/p-1. The fourth-order valence-corrected chi connectivity index (χ4v) is 21.5. The molecule has 0 saturated heterocycles. The van der Waals surface area contributed by atoms with E-state index in [1.165, 1.54) is 63.7 Å². The van der Waals surface area contributed by atoms with E-state index in [4.69, 9.17) is 20.1 Å². The summed E-state index contributed by atoms with van der Waals surface area (Å²) in [4.78, 5) is 19.5. The SMILES string of the molecule is Brc1ccnc(-c2ccccc2)c1.Brc1ccnc(Br)c1.O=CO[O-].OB(O)c1ccccc1.[H-].[K+].[K+].[Pd].c1ccc(P(c2ccccc2)c2ccccc2)cc1.c1ccc(P(c2ccccc2)c2ccccc2)cc1.c1ccc(P(c2ccccc2)c2ccccc2)cc1.c1ccc(P(c2ccccc2)c2ccccc2)cc1. The quantitative estimate of drug-likeness (QED) is 0.0262. The molecule has 18 heteroatoms. The van der Waals surface area contributed by atoms with E-state index < -0.39 is 38.8 Å². The molecule has 556 valence electrons. The summed E-state index contributed by atoms with van der Waals surface area (Å²) < 4.78 is 2.95. The largest absolute Gasteiger partial charge is 1.00 e. The molecule has 113 heavy (non-hydrogen) atoms. The summed E-state index contributed by atoms with van der Waals surface area (Å²) in [5.74, 6) is 0. The molecule has 0 aliphatic carbocycles. The molecule has 0 aliphatic rings. The average molecular weight is 1890 g/mol. The van der Waals surface area contributed by atoms with Crippen LogP contribution in [0, 0.1) is 0 Å². The molecule has 0 amide bonds. The van der Waals surface area contributed by atoms with Gasteiger partial charge in [-0.05, 0) is 141 Å². The number of hydrogen-bond acceptors (Lipinski definition) is 7. The van der Waals surface area contributed by atoms with Gasteiger partial charge in [-0.1, -0.05) is 457 Å².